The van der Waals surface area contributed by atoms with Crippen molar-refractivity contribution in [3.05, 3.63) is 0 Å². The molecule has 0 aromatic carbocycles. The molecule has 0 aliphatic heterocycles. The second kappa shape index (κ2) is 4.61. The van der Waals surface area contributed by atoms with Crippen molar-refractivity contribution < 1.29 is 9.53 Å². The first-order valence-corrected chi connectivity index (χ1v) is 4.98. The van der Waals surface area contributed by atoms with Crippen LogP contribution in [0.2, 0.25) is 0 Å². The number of carbonyl (C=O) groups excluding carboxylic acids is 1. The van der Waals surface area contributed by atoms with E-state index in [0.29, 0.717) is 5.92 Å². The third-order valence-corrected chi connectivity index (χ3v) is 3.04. The number of hydrogen-bond donors (Lipinski definition) is 1. The molecule has 1 atom stereocenters. The molecule has 1 fully saturated rings. The molecular weight excluding hydrogens is 166 g/mol. The fourth-order valence-electron chi connectivity index (χ4n) is 1.97. The van der Waals surface area contributed by atoms with Gasteiger partial charge in [0, 0.05) is 0 Å². The molecule has 13 heavy (non-hydrogen) atoms. The first kappa shape index (κ1) is 10.5. The normalized spacial score (nSPS) is 31.0. The van der Waals surface area contributed by atoms with Gasteiger partial charge in [0.1, 0.15) is 6.04 Å². The van der Waals surface area contributed by atoms with Crippen LogP contribution in [0.5, 0.6) is 0 Å². The van der Waals surface area contributed by atoms with E-state index in [-0.39, 0.29) is 5.97 Å². The molecule has 0 spiro atoms. The maximum absolute atomic E-state index is 11.1. The summed E-state index contributed by atoms with van der Waals surface area (Å²) in [7, 11) is 1.40. The van der Waals surface area contributed by atoms with Gasteiger partial charge >= 0.3 is 5.97 Å². The van der Waals surface area contributed by atoms with Crippen LogP contribution in [0.1, 0.15) is 32.6 Å². The van der Waals surface area contributed by atoms with Crippen LogP contribution >= 0.6 is 0 Å². The molecule has 3 nitrogen and oxygen atoms in total. The number of rotatable bonds is 2. The Labute approximate surface area is 79.6 Å². The SMILES string of the molecule is COC(=O)[C@@H](N)[C@H]1CC[C@H](C)CC1. The van der Waals surface area contributed by atoms with Crippen molar-refractivity contribution in [3.63, 3.8) is 0 Å². The second-order valence-electron chi connectivity index (χ2n) is 4.07. The summed E-state index contributed by atoms with van der Waals surface area (Å²) in [6.45, 7) is 2.25. The van der Waals surface area contributed by atoms with Crippen molar-refractivity contribution >= 4 is 5.97 Å². The predicted molar refractivity (Wildman–Crippen MR) is 51.1 cm³/mol. The number of carbonyl (C=O) groups is 1. The van der Waals surface area contributed by atoms with Crippen LogP contribution in [-0.4, -0.2) is 19.1 Å². The van der Waals surface area contributed by atoms with Crippen LogP contribution in [0.25, 0.3) is 0 Å². The first-order valence-electron chi connectivity index (χ1n) is 4.98. The molecule has 1 aliphatic rings. The Morgan fingerprint density at radius 1 is 1.38 bits per heavy atom. The maximum Gasteiger partial charge on any atom is 0.322 e. The predicted octanol–water partition coefficient (Wildman–Crippen LogP) is 1.31. The minimum absolute atomic E-state index is 0.264. The lowest BCUT2D eigenvalue weighted by Crippen LogP contribution is -2.40. The molecule has 0 radical (unpaired) electrons. The fraction of sp³-hybridized carbons (Fsp3) is 0.900. The van der Waals surface area contributed by atoms with E-state index in [9.17, 15) is 4.79 Å². The van der Waals surface area contributed by atoms with E-state index in [1.165, 1.54) is 20.0 Å². The van der Waals surface area contributed by atoms with E-state index in [4.69, 9.17) is 5.73 Å². The third-order valence-electron chi connectivity index (χ3n) is 3.04. The molecule has 0 aromatic heterocycles. The van der Waals surface area contributed by atoms with E-state index in [1.807, 2.05) is 0 Å². The van der Waals surface area contributed by atoms with Gasteiger partial charge in [-0.05, 0) is 24.7 Å². The van der Waals surface area contributed by atoms with Crippen LogP contribution < -0.4 is 5.73 Å². The van der Waals surface area contributed by atoms with Crippen LogP contribution in [0.15, 0.2) is 0 Å². The second-order valence-corrected chi connectivity index (χ2v) is 4.07. The van der Waals surface area contributed by atoms with Crippen molar-refractivity contribution in [2.75, 3.05) is 7.11 Å². The van der Waals surface area contributed by atoms with Gasteiger partial charge in [-0.2, -0.15) is 0 Å². The van der Waals surface area contributed by atoms with Crippen LogP contribution in [-0.2, 0) is 9.53 Å². The summed E-state index contributed by atoms with van der Waals surface area (Å²) in [6.07, 6.45) is 4.51. The molecule has 0 aromatic rings. The summed E-state index contributed by atoms with van der Waals surface area (Å²) in [5.41, 5.74) is 5.77. The molecule has 1 aliphatic carbocycles. The van der Waals surface area contributed by atoms with E-state index in [2.05, 4.69) is 11.7 Å². The zero-order valence-corrected chi connectivity index (χ0v) is 8.45. The lowest BCUT2D eigenvalue weighted by molar-refractivity contribution is -0.143. The van der Waals surface area contributed by atoms with E-state index in [0.717, 1.165) is 18.8 Å². The maximum atomic E-state index is 11.1. The molecule has 0 unspecified atom stereocenters. The summed E-state index contributed by atoms with van der Waals surface area (Å²) >= 11 is 0. The standard InChI is InChI=1S/C10H19NO2/c1-7-3-5-8(6-4-7)9(11)10(12)13-2/h7-9H,3-6,11H2,1-2H3/t7-,8-,9-/m0/s1. The Balaban J connectivity index is 2.39. The summed E-state index contributed by atoms with van der Waals surface area (Å²) in [6, 6.07) is -0.405. The van der Waals surface area contributed by atoms with Gasteiger partial charge in [-0.1, -0.05) is 19.8 Å². The molecule has 3 heteroatoms. The molecule has 1 rings (SSSR count). The molecular formula is C10H19NO2. The highest BCUT2D eigenvalue weighted by Crippen LogP contribution is 2.29. The molecule has 0 bridgehead atoms. The van der Waals surface area contributed by atoms with Crippen LogP contribution in [0, 0.1) is 11.8 Å². The Bertz CT molecular complexity index is 174. The van der Waals surface area contributed by atoms with Crippen molar-refractivity contribution in [2.24, 2.45) is 17.6 Å². The highest BCUT2D eigenvalue weighted by atomic mass is 16.5. The highest BCUT2D eigenvalue weighted by molar-refractivity contribution is 5.75. The molecule has 76 valence electrons. The quantitative estimate of drug-likeness (QED) is 0.660. The molecule has 1 saturated carbocycles. The monoisotopic (exact) mass is 185 g/mol. The smallest absolute Gasteiger partial charge is 0.322 e. The van der Waals surface area contributed by atoms with Gasteiger partial charge in [0.05, 0.1) is 7.11 Å². The molecule has 0 heterocycles. The average molecular weight is 185 g/mol. The largest absolute Gasteiger partial charge is 0.468 e. The Kier molecular flexibility index (Phi) is 3.72. The number of methoxy groups -OCH3 is 1. The van der Waals surface area contributed by atoms with Gasteiger partial charge < -0.3 is 10.5 Å². The van der Waals surface area contributed by atoms with E-state index >= 15 is 0 Å². The number of ether oxygens (including phenoxy) is 1. The molecule has 0 amide bonds. The highest BCUT2D eigenvalue weighted by Gasteiger charge is 2.28. The number of esters is 1. The Morgan fingerprint density at radius 3 is 2.38 bits per heavy atom. The fourth-order valence-corrected chi connectivity index (χ4v) is 1.97. The topological polar surface area (TPSA) is 52.3 Å². The van der Waals surface area contributed by atoms with Gasteiger partial charge in [0.25, 0.3) is 0 Å². The lowest BCUT2D eigenvalue weighted by atomic mass is 9.79. The molecule has 2 N–H and O–H groups in total. The van der Waals surface area contributed by atoms with E-state index < -0.39 is 6.04 Å². The van der Waals surface area contributed by atoms with Crippen LogP contribution in [0.4, 0.5) is 0 Å². The molecule has 0 saturated heterocycles. The number of hydrogen-bond acceptors (Lipinski definition) is 3. The Hall–Kier alpha value is -0.570. The van der Waals surface area contributed by atoms with Gasteiger partial charge in [0.15, 0.2) is 0 Å². The van der Waals surface area contributed by atoms with Gasteiger partial charge in [-0.15, -0.1) is 0 Å². The van der Waals surface area contributed by atoms with Crippen molar-refractivity contribution in [2.45, 2.75) is 38.6 Å². The first-order chi connectivity index (χ1) is 6.15. The van der Waals surface area contributed by atoms with E-state index in [1.54, 1.807) is 0 Å². The minimum atomic E-state index is -0.405. The number of nitrogens with two attached hydrogens (primary N) is 1. The average Bonchev–Trinajstić information content (AvgIpc) is 2.17. The van der Waals surface area contributed by atoms with Gasteiger partial charge in [0.2, 0.25) is 0 Å². The van der Waals surface area contributed by atoms with Crippen molar-refractivity contribution in [1.82, 2.24) is 0 Å². The zero-order chi connectivity index (χ0) is 9.84. The third kappa shape index (κ3) is 2.69. The van der Waals surface area contributed by atoms with Gasteiger partial charge in [-0.3, -0.25) is 4.79 Å². The van der Waals surface area contributed by atoms with Crippen LogP contribution in [0.3, 0.4) is 0 Å². The summed E-state index contributed by atoms with van der Waals surface area (Å²) in [4.78, 5) is 11.1. The summed E-state index contributed by atoms with van der Waals surface area (Å²) < 4.78 is 4.63. The van der Waals surface area contributed by atoms with Gasteiger partial charge in [-0.25, -0.2) is 0 Å². The summed E-state index contributed by atoms with van der Waals surface area (Å²) in [5, 5.41) is 0. The summed E-state index contributed by atoms with van der Waals surface area (Å²) in [5.74, 6) is 0.865. The zero-order valence-electron chi connectivity index (χ0n) is 8.45. The van der Waals surface area contributed by atoms with Crippen molar-refractivity contribution in [1.29, 1.82) is 0 Å². The van der Waals surface area contributed by atoms with Crippen molar-refractivity contribution in [3.8, 4) is 0 Å². The lowest BCUT2D eigenvalue weighted by Gasteiger charge is -2.28. The minimum Gasteiger partial charge on any atom is -0.468 e. The Morgan fingerprint density at radius 2 is 1.92 bits per heavy atom.